The molecule has 9 heteroatoms. The van der Waals surface area contributed by atoms with Crippen LogP contribution in [-0.2, 0) is 5.54 Å². The molecular weight excluding hydrogens is 404 g/mol. The number of primary amides is 1. The van der Waals surface area contributed by atoms with Gasteiger partial charge >= 0.3 is 5.91 Å². The van der Waals surface area contributed by atoms with Gasteiger partial charge in [0.1, 0.15) is 23.7 Å². The minimum Gasteiger partial charge on any atom is -0.368 e. The van der Waals surface area contributed by atoms with Gasteiger partial charge < -0.3 is 20.1 Å². The second kappa shape index (κ2) is 7.83. The van der Waals surface area contributed by atoms with E-state index in [-0.39, 0.29) is 11.4 Å². The molecule has 2 fully saturated rings. The van der Waals surface area contributed by atoms with Gasteiger partial charge in [-0.05, 0) is 31.0 Å². The maximum Gasteiger partial charge on any atom is 0.359 e. The van der Waals surface area contributed by atoms with Crippen molar-refractivity contribution in [2.45, 2.75) is 37.6 Å². The number of hydrogen-bond donors (Lipinski definition) is 3. The molecule has 1 saturated carbocycles. The summed E-state index contributed by atoms with van der Waals surface area (Å²) in [4.78, 5) is 28.9. The maximum absolute atomic E-state index is 12.7. The van der Waals surface area contributed by atoms with Gasteiger partial charge in [-0.25, -0.2) is 14.8 Å². The lowest BCUT2D eigenvalue weighted by Crippen LogP contribution is -2.94. The number of piperazine rings is 1. The van der Waals surface area contributed by atoms with Crippen LogP contribution < -0.4 is 20.9 Å². The summed E-state index contributed by atoms with van der Waals surface area (Å²) in [6, 6.07) is 6.01. The molecule has 1 saturated heterocycles. The summed E-state index contributed by atoms with van der Waals surface area (Å²) in [6.07, 6.45) is 9.56. The molecule has 6 rings (SSSR count). The summed E-state index contributed by atoms with van der Waals surface area (Å²) >= 11 is 0. The highest BCUT2D eigenvalue weighted by molar-refractivity contribution is 5.93. The van der Waals surface area contributed by atoms with E-state index >= 15 is 0 Å². The fourth-order valence-electron chi connectivity index (χ4n) is 5.51. The van der Waals surface area contributed by atoms with E-state index < -0.39 is 0 Å². The molecule has 0 unspecified atom stereocenters. The number of aromatic nitrogens is 4. The average molecular weight is 434 g/mol. The lowest BCUT2D eigenvalue weighted by Gasteiger charge is -2.40. The third-order valence-corrected chi connectivity index (χ3v) is 7.19. The van der Waals surface area contributed by atoms with Gasteiger partial charge in [-0.3, -0.25) is 5.32 Å². The van der Waals surface area contributed by atoms with Crippen molar-refractivity contribution in [3.63, 3.8) is 0 Å². The van der Waals surface area contributed by atoms with Crippen molar-refractivity contribution >= 4 is 34.4 Å². The van der Waals surface area contributed by atoms with E-state index in [1.807, 2.05) is 29.8 Å². The maximum atomic E-state index is 12.7. The van der Waals surface area contributed by atoms with Gasteiger partial charge in [0.05, 0.1) is 17.4 Å². The molecule has 166 valence electrons. The van der Waals surface area contributed by atoms with Crippen molar-refractivity contribution < 1.29 is 10.1 Å². The minimum atomic E-state index is -0.0297. The Morgan fingerprint density at radius 2 is 1.91 bits per heavy atom. The SMILES string of the molecule is O=C1[NH2+]CC2(CCCCC2)n2c1cc1cnc(Nc3ccc(N4CCNCC4)cn3)nc12. The summed E-state index contributed by atoms with van der Waals surface area (Å²) in [6.45, 7) is 4.77. The Balaban J connectivity index is 1.31. The number of quaternary nitrogens is 1. The van der Waals surface area contributed by atoms with Crippen LogP contribution >= 0.6 is 0 Å². The predicted octanol–water partition coefficient (Wildman–Crippen LogP) is 1.36. The van der Waals surface area contributed by atoms with Crippen molar-refractivity contribution in [2.75, 3.05) is 42.9 Å². The summed E-state index contributed by atoms with van der Waals surface area (Å²) in [7, 11) is 0. The number of carbonyl (C=O) groups excluding carboxylic acids is 1. The highest BCUT2D eigenvalue weighted by Crippen LogP contribution is 2.39. The van der Waals surface area contributed by atoms with Crippen LogP contribution in [0.1, 0.15) is 42.6 Å². The van der Waals surface area contributed by atoms with Crippen LogP contribution in [0.25, 0.3) is 11.0 Å². The lowest BCUT2D eigenvalue weighted by atomic mass is 9.80. The summed E-state index contributed by atoms with van der Waals surface area (Å²) in [5, 5.41) is 9.41. The van der Waals surface area contributed by atoms with E-state index in [4.69, 9.17) is 4.98 Å². The van der Waals surface area contributed by atoms with Crippen molar-refractivity contribution in [3.8, 4) is 0 Å². The molecule has 0 aromatic carbocycles. The zero-order chi connectivity index (χ0) is 21.5. The van der Waals surface area contributed by atoms with Crippen LogP contribution in [0.15, 0.2) is 30.6 Å². The fourth-order valence-corrected chi connectivity index (χ4v) is 5.51. The van der Waals surface area contributed by atoms with Gasteiger partial charge in [0.25, 0.3) is 0 Å². The molecule has 3 aromatic heterocycles. The smallest absolute Gasteiger partial charge is 0.359 e. The van der Waals surface area contributed by atoms with Gasteiger partial charge in [-0.2, -0.15) is 4.98 Å². The number of hydrogen-bond acceptors (Lipinski definition) is 7. The number of rotatable bonds is 3. The Labute approximate surface area is 186 Å². The van der Waals surface area contributed by atoms with E-state index in [1.165, 1.54) is 19.3 Å². The van der Waals surface area contributed by atoms with Gasteiger partial charge in [0, 0.05) is 37.8 Å². The zero-order valence-electron chi connectivity index (χ0n) is 18.2. The van der Waals surface area contributed by atoms with Gasteiger partial charge in [-0.15, -0.1) is 0 Å². The average Bonchev–Trinajstić information content (AvgIpc) is 3.24. The van der Waals surface area contributed by atoms with Crippen molar-refractivity contribution in [3.05, 3.63) is 36.3 Å². The number of nitrogens with two attached hydrogens (primary N) is 1. The van der Waals surface area contributed by atoms with E-state index in [2.05, 4.69) is 36.1 Å². The number of nitrogens with one attached hydrogen (secondary N) is 2. The largest absolute Gasteiger partial charge is 0.368 e. The Hall–Kier alpha value is -3.04. The molecule has 2 aliphatic heterocycles. The Bertz CT molecular complexity index is 1140. The third-order valence-electron chi connectivity index (χ3n) is 7.19. The number of anilines is 3. The molecule has 1 spiro atoms. The van der Waals surface area contributed by atoms with Crippen LogP contribution in [0.5, 0.6) is 0 Å². The monoisotopic (exact) mass is 433 g/mol. The number of fused-ring (bicyclic) bond motifs is 4. The van der Waals surface area contributed by atoms with Crippen LogP contribution in [0, 0.1) is 0 Å². The molecule has 0 bridgehead atoms. The molecule has 4 N–H and O–H groups in total. The molecule has 3 aliphatic rings. The first-order chi connectivity index (χ1) is 15.7. The molecule has 1 amide bonds. The van der Waals surface area contributed by atoms with Crippen LogP contribution in [0.4, 0.5) is 17.5 Å². The van der Waals surface area contributed by atoms with Crippen LogP contribution in [0.2, 0.25) is 0 Å². The van der Waals surface area contributed by atoms with Crippen LogP contribution in [-0.4, -0.2) is 58.1 Å². The predicted molar refractivity (Wildman–Crippen MR) is 122 cm³/mol. The van der Waals surface area contributed by atoms with E-state index in [0.717, 1.165) is 68.0 Å². The summed E-state index contributed by atoms with van der Waals surface area (Å²) in [5.74, 6) is 1.32. The number of amides is 1. The van der Waals surface area contributed by atoms with Gasteiger partial charge in [0.2, 0.25) is 5.95 Å². The molecule has 3 aromatic rings. The fraction of sp³-hybridized carbons (Fsp3) is 0.478. The van der Waals surface area contributed by atoms with Crippen molar-refractivity contribution in [1.29, 1.82) is 0 Å². The van der Waals surface area contributed by atoms with Crippen molar-refractivity contribution in [2.24, 2.45) is 0 Å². The molecule has 9 nitrogen and oxygen atoms in total. The van der Waals surface area contributed by atoms with Gasteiger partial charge in [-0.1, -0.05) is 19.3 Å². The molecule has 1 aliphatic carbocycles. The number of nitrogens with zero attached hydrogens (tertiary/aromatic N) is 5. The minimum absolute atomic E-state index is 0.0297. The lowest BCUT2D eigenvalue weighted by molar-refractivity contribution is -0.574. The molecule has 0 radical (unpaired) electrons. The normalized spacial score (nSPS) is 20.5. The number of pyridine rings is 1. The highest BCUT2D eigenvalue weighted by Gasteiger charge is 2.44. The first kappa shape index (κ1) is 19.6. The molecule has 5 heterocycles. The summed E-state index contributed by atoms with van der Waals surface area (Å²) < 4.78 is 2.22. The zero-order valence-corrected chi connectivity index (χ0v) is 18.2. The van der Waals surface area contributed by atoms with Gasteiger partial charge in [0.15, 0.2) is 0 Å². The Morgan fingerprint density at radius 3 is 2.69 bits per heavy atom. The quantitative estimate of drug-likeness (QED) is 0.573. The second-order valence-electron chi connectivity index (χ2n) is 9.16. The molecule has 0 atom stereocenters. The van der Waals surface area contributed by atoms with Crippen molar-refractivity contribution in [1.82, 2.24) is 24.8 Å². The van der Waals surface area contributed by atoms with E-state index in [1.54, 1.807) is 0 Å². The highest BCUT2D eigenvalue weighted by atomic mass is 16.2. The molecular formula is C23H29N8O+. The molecule has 32 heavy (non-hydrogen) atoms. The third kappa shape index (κ3) is 3.32. The first-order valence-corrected chi connectivity index (χ1v) is 11.7. The van der Waals surface area contributed by atoms with E-state index in [9.17, 15) is 4.79 Å². The number of carbonyl (C=O) groups is 1. The topological polar surface area (TPSA) is 105 Å². The Kier molecular flexibility index (Phi) is 4.80. The van der Waals surface area contributed by atoms with E-state index in [0.29, 0.717) is 11.8 Å². The second-order valence-corrected chi connectivity index (χ2v) is 9.16. The standard InChI is InChI=1S/C23H28N8O/c32-21-18-12-16-13-26-22(28-19-5-4-17(14-25-19)30-10-8-24-9-11-30)29-20(16)31(18)23(15-27-21)6-2-1-3-7-23/h4-5,12-14,24H,1-3,6-11,15H2,(H,27,32)(H,25,26,28,29)/p+1. The first-order valence-electron chi connectivity index (χ1n) is 11.7. The van der Waals surface area contributed by atoms with Crippen LogP contribution in [0.3, 0.4) is 0 Å². The Morgan fingerprint density at radius 1 is 1.06 bits per heavy atom. The summed E-state index contributed by atoms with van der Waals surface area (Å²) in [5.41, 5.74) is 2.69.